The highest BCUT2D eigenvalue weighted by atomic mass is 35.5. The second-order valence-electron chi connectivity index (χ2n) is 5.57. The molecule has 0 radical (unpaired) electrons. The number of rotatable bonds is 4. The van der Waals surface area contributed by atoms with E-state index in [0.29, 0.717) is 27.0 Å². The van der Waals surface area contributed by atoms with Crippen molar-refractivity contribution in [3.05, 3.63) is 52.0 Å². The van der Waals surface area contributed by atoms with Crippen molar-refractivity contribution in [3.63, 3.8) is 0 Å². The number of morpholine rings is 1. The maximum atomic E-state index is 12.4. The van der Waals surface area contributed by atoms with Crippen LogP contribution in [0.5, 0.6) is 5.75 Å². The quantitative estimate of drug-likeness (QED) is 0.867. The molecule has 0 saturated carbocycles. The number of benzene rings is 2. The molecule has 2 aromatic rings. The van der Waals surface area contributed by atoms with Crippen LogP contribution in [0.4, 0.5) is 11.4 Å². The maximum absolute atomic E-state index is 12.4. The van der Waals surface area contributed by atoms with Gasteiger partial charge in [-0.1, -0.05) is 23.2 Å². The third kappa shape index (κ3) is 4.18. The van der Waals surface area contributed by atoms with Crippen LogP contribution in [0.15, 0.2) is 36.4 Å². The predicted molar refractivity (Wildman–Crippen MR) is 100 cm³/mol. The van der Waals surface area contributed by atoms with E-state index >= 15 is 0 Å². The molecular weight excluding hydrogens is 363 g/mol. The third-order valence-electron chi connectivity index (χ3n) is 3.97. The maximum Gasteiger partial charge on any atom is 0.255 e. The van der Waals surface area contributed by atoms with E-state index in [0.717, 1.165) is 32.0 Å². The van der Waals surface area contributed by atoms with Gasteiger partial charge in [0.1, 0.15) is 0 Å². The van der Waals surface area contributed by atoms with Crippen molar-refractivity contribution < 1.29 is 14.3 Å². The summed E-state index contributed by atoms with van der Waals surface area (Å²) in [7, 11) is 1.48. The number of amides is 1. The highest BCUT2D eigenvalue weighted by Crippen LogP contribution is 2.34. The second kappa shape index (κ2) is 7.95. The summed E-state index contributed by atoms with van der Waals surface area (Å²) >= 11 is 12.2. The van der Waals surface area contributed by atoms with E-state index < -0.39 is 0 Å². The molecule has 1 fully saturated rings. The Morgan fingerprint density at radius 2 is 1.72 bits per heavy atom. The zero-order valence-electron chi connectivity index (χ0n) is 13.7. The first-order valence-electron chi connectivity index (χ1n) is 7.85. The molecule has 0 aliphatic carbocycles. The lowest BCUT2D eigenvalue weighted by Crippen LogP contribution is -2.36. The van der Waals surface area contributed by atoms with Gasteiger partial charge in [-0.3, -0.25) is 4.79 Å². The van der Waals surface area contributed by atoms with Crippen molar-refractivity contribution >= 4 is 40.5 Å². The van der Waals surface area contributed by atoms with Crippen molar-refractivity contribution in [2.45, 2.75) is 0 Å². The number of nitrogens with one attached hydrogen (secondary N) is 1. The summed E-state index contributed by atoms with van der Waals surface area (Å²) < 4.78 is 10.4. The van der Waals surface area contributed by atoms with Crippen LogP contribution in [-0.2, 0) is 4.74 Å². The molecule has 1 heterocycles. The molecule has 132 valence electrons. The molecule has 3 rings (SSSR count). The second-order valence-corrected chi connectivity index (χ2v) is 6.39. The lowest BCUT2D eigenvalue weighted by Gasteiger charge is -2.28. The molecule has 1 amide bonds. The fraction of sp³-hybridized carbons (Fsp3) is 0.278. The molecule has 1 aliphatic heterocycles. The number of nitrogens with zero attached hydrogens (tertiary/aromatic N) is 1. The van der Waals surface area contributed by atoms with E-state index in [-0.39, 0.29) is 5.91 Å². The number of methoxy groups -OCH3 is 1. The van der Waals surface area contributed by atoms with Gasteiger partial charge in [0, 0.05) is 30.0 Å². The number of hydrogen-bond acceptors (Lipinski definition) is 4. The lowest BCUT2D eigenvalue weighted by atomic mass is 10.2. The molecule has 0 unspecified atom stereocenters. The van der Waals surface area contributed by atoms with Crippen LogP contribution in [0.1, 0.15) is 10.4 Å². The van der Waals surface area contributed by atoms with E-state index in [1.54, 1.807) is 0 Å². The summed E-state index contributed by atoms with van der Waals surface area (Å²) in [5, 5.41) is 3.43. The number of hydrogen-bond donors (Lipinski definition) is 1. The van der Waals surface area contributed by atoms with Gasteiger partial charge in [0.25, 0.3) is 5.91 Å². The molecule has 1 N–H and O–H groups in total. The van der Waals surface area contributed by atoms with E-state index in [1.807, 2.05) is 24.3 Å². The Bertz CT molecular complexity index is 736. The molecule has 0 bridgehead atoms. The monoisotopic (exact) mass is 380 g/mol. The standard InChI is InChI=1S/C18H18Cl2N2O3/c1-24-17-15(19)10-12(11-16(17)20)18(23)21-13-2-4-14(5-3-13)22-6-8-25-9-7-22/h2-5,10-11H,6-9H2,1H3,(H,21,23). The molecule has 0 spiro atoms. The number of carbonyl (C=O) groups excluding carboxylic acids is 1. The summed E-state index contributed by atoms with van der Waals surface area (Å²) in [4.78, 5) is 14.7. The minimum Gasteiger partial charge on any atom is -0.494 e. The molecule has 1 saturated heterocycles. The van der Waals surface area contributed by atoms with Crippen molar-refractivity contribution in [1.82, 2.24) is 0 Å². The fourth-order valence-corrected chi connectivity index (χ4v) is 3.31. The van der Waals surface area contributed by atoms with Crippen LogP contribution in [0.3, 0.4) is 0 Å². The Hall–Kier alpha value is -1.95. The fourth-order valence-electron chi connectivity index (χ4n) is 2.67. The minimum absolute atomic E-state index is 0.287. The Labute approximate surface area is 156 Å². The number of halogens is 2. The number of carbonyl (C=O) groups is 1. The van der Waals surface area contributed by atoms with Gasteiger partial charge < -0.3 is 19.7 Å². The van der Waals surface area contributed by atoms with Gasteiger partial charge in [0.2, 0.25) is 0 Å². The lowest BCUT2D eigenvalue weighted by molar-refractivity contribution is 0.102. The summed E-state index contributed by atoms with van der Waals surface area (Å²) in [6.45, 7) is 3.21. The number of anilines is 2. The van der Waals surface area contributed by atoms with Crippen LogP contribution in [0, 0.1) is 0 Å². The van der Waals surface area contributed by atoms with Crippen molar-refractivity contribution in [2.24, 2.45) is 0 Å². The zero-order valence-corrected chi connectivity index (χ0v) is 15.2. The zero-order chi connectivity index (χ0) is 17.8. The SMILES string of the molecule is COc1c(Cl)cc(C(=O)Nc2ccc(N3CCOCC3)cc2)cc1Cl. The van der Waals surface area contributed by atoms with Gasteiger partial charge in [-0.05, 0) is 36.4 Å². The topological polar surface area (TPSA) is 50.8 Å². The molecule has 1 aliphatic rings. The Morgan fingerprint density at radius 1 is 1.12 bits per heavy atom. The highest BCUT2D eigenvalue weighted by molar-refractivity contribution is 6.37. The summed E-state index contributed by atoms with van der Waals surface area (Å²) in [6, 6.07) is 10.8. The molecular formula is C18H18Cl2N2O3. The van der Waals surface area contributed by atoms with Crippen LogP contribution in [-0.4, -0.2) is 39.3 Å². The normalized spacial score (nSPS) is 14.3. The van der Waals surface area contributed by atoms with Crippen LogP contribution >= 0.6 is 23.2 Å². The van der Waals surface area contributed by atoms with E-state index in [4.69, 9.17) is 32.7 Å². The molecule has 2 aromatic carbocycles. The van der Waals surface area contributed by atoms with E-state index in [9.17, 15) is 4.79 Å². The summed E-state index contributed by atoms with van der Waals surface area (Å²) in [6.07, 6.45) is 0. The van der Waals surface area contributed by atoms with Crippen LogP contribution < -0.4 is 15.0 Å². The highest BCUT2D eigenvalue weighted by Gasteiger charge is 2.14. The number of ether oxygens (including phenoxy) is 2. The molecule has 5 nitrogen and oxygen atoms in total. The van der Waals surface area contributed by atoms with E-state index in [1.165, 1.54) is 19.2 Å². The third-order valence-corrected chi connectivity index (χ3v) is 4.53. The molecule has 25 heavy (non-hydrogen) atoms. The average Bonchev–Trinajstić information content (AvgIpc) is 2.63. The van der Waals surface area contributed by atoms with Crippen molar-refractivity contribution in [3.8, 4) is 5.75 Å². The predicted octanol–water partition coefficient (Wildman–Crippen LogP) is 4.09. The van der Waals surface area contributed by atoms with Crippen LogP contribution in [0.25, 0.3) is 0 Å². The Balaban J connectivity index is 1.70. The Kier molecular flexibility index (Phi) is 5.68. The first kappa shape index (κ1) is 17.9. The van der Waals surface area contributed by atoms with Gasteiger partial charge in [-0.2, -0.15) is 0 Å². The summed E-state index contributed by atoms with van der Waals surface area (Å²) in [5.41, 5.74) is 2.18. The van der Waals surface area contributed by atoms with E-state index in [2.05, 4.69) is 10.2 Å². The van der Waals surface area contributed by atoms with Gasteiger partial charge in [0.05, 0.1) is 30.4 Å². The van der Waals surface area contributed by atoms with Gasteiger partial charge in [0.15, 0.2) is 5.75 Å². The smallest absolute Gasteiger partial charge is 0.255 e. The first-order chi connectivity index (χ1) is 12.1. The van der Waals surface area contributed by atoms with Gasteiger partial charge in [-0.15, -0.1) is 0 Å². The van der Waals surface area contributed by atoms with Crippen molar-refractivity contribution in [2.75, 3.05) is 43.6 Å². The van der Waals surface area contributed by atoms with Gasteiger partial charge in [-0.25, -0.2) is 0 Å². The molecule has 0 aromatic heterocycles. The van der Waals surface area contributed by atoms with Gasteiger partial charge >= 0.3 is 0 Å². The molecule has 7 heteroatoms. The van der Waals surface area contributed by atoms with Crippen molar-refractivity contribution in [1.29, 1.82) is 0 Å². The molecule has 0 atom stereocenters. The minimum atomic E-state index is -0.287. The first-order valence-corrected chi connectivity index (χ1v) is 8.61. The Morgan fingerprint density at radius 3 is 2.28 bits per heavy atom. The van der Waals surface area contributed by atoms with Crippen LogP contribution in [0.2, 0.25) is 10.0 Å². The summed E-state index contributed by atoms with van der Waals surface area (Å²) in [5.74, 6) is 0.0697. The largest absolute Gasteiger partial charge is 0.494 e. The average molecular weight is 381 g/mol.